The number of carbonyl (C=O) groups is 4. The van der Waals surface area contributed by atoms with E-state index in [-0.39, 0.29) is 40.8 Å². The quantitative estimate of drug-likeness (QED) is 0.0845. The van der Waals surface area contributed by atoms with Gasteiger partial charge in [0.15, 0.2) is 5.75 Å². The van der Waals surface area contributed by atoms with Crippen LogP contribution in [0.25, 0.3) is 12.2 Å². The van der Waals surface area contributed by atoms with E-state index in [0.717, 1.165) is 11.0 Å². The number of furan rings is 1. The lowest BCUT2D eigenvalue weighted by molar-refractivity contribution is -0.384. The van der Waals surface area contributed by atoms with Crippen molar-refractivity contribution in [3.63, 3.8) is 0 Å². The predicted molar refractivity (Wildman–Crippen MR) is 147 cm³/mol. The Morgan fingerprint density at radius 1 is 1.15 bits per heavy atom. The lowest BCUT2D eigenvalue weighted by Crippen LogP contribution is -2.30. The van der Waals surface area contributed by atoms with E-state index in [4.69, 9.17) is 9.15 Å². The van der Waals surface area contributed by atoms with Crippen molar-refractivity contribution >= 4 is 73.6 Å². The Bertz CT molecular complexity index is 1610. The van der Waals surface area contributed by atoms with Crippen molar-refractivity contribution in [2.75, 3.05) is 7.11 Å². The first-order valence-corrected chi connectivity index (χ1v) is 12.8. The van der Waals surface area contributed by atoms with Gasteiger partial charge in [-0.1, -0.05) is 28.1 Å². The number of esters is 2. The molecule has 0 spiro atoms. The molecule has 1 N–H and O–H groups in total. The van der Waals surface area contributed by atoms with E-state index in [0.29, 0.717) is 14.5 Å². The second-order valence-electron chi connectivity index (χ2n) is 8.05. The highest BCUT2D eigenvalue weighted by molar-refractivity contribution is 9.11. The fourth-order valence-electron chi connectivity index (χ4n) is 3.54. The number of nitrogens with one attached hydrogen (secondary N) is 1. The van der Waals surface area contributed by atoms with Gasteiger partial charge >= 0.3 is 18.0 Å². The van der Waals surface area contributed by atoms with Crippen LogP contribution < -0.4 is 10.1 Å². The molecule has 40 heavy (non-hydrogen) atoms. The minimum Gasteiger partial charge on any atom is -0.463 e. The minimum atomic E-state index is -0.795. The van der Waals surface area contributed by atoms with E-state index >= 15 is 0 Å². The standard InChI is InChI=1S/C26H17Br2N3O9/c1-38-25(34)21-7-6-18(39-21)13-30-24(33)20(29-26(30)35)11-15-10-16(27)12-19(28)23(15)40-22(32)8-5-14-3-2-4-17(9-14)31(36)37/h2-12H,13H2,1H3,(H,29,35)/b8-5+,20-11+. The maximum atomic E-state index is 13.0. The highest BCUT2D eigenvalue weighted by Crippen LogP contribution is 2.35. The molecule has 1 saturated heterocycles. The molecule has 0 bridgehead atoms. The Morgan fingerprint density at radius 3 is 2.65 bits per heavy atom. The number of ether oxygens (including phenoxy) is 2. The lowest BCUT2D eigenvalue weighted by atomic mass is 10.1. The minimum absolute atomic E-state index is 0.0543. The van der Waals surface area contributed by atoms with Gasteiger partial charge in [-0.25, -0.2) is 14.4 Å². The number of non-ortho nitro benzene ring substituents is 1. The molecule has 2 aromatic carbocycles. The monoisotopic (exact) mass is 673 g/mol. The van der Waals surface area contributed by atoms with Crippen molar-refractivity contribution in [2.24, 2.45) is 0 Å². The molecule has 0 radical (unpaired) electrons. The second-order valence-corrected chi connectivity index (χ2v) is 9.82. The molecule has 0 atom stereocenters. The van der Waals surface area contributed by atoms with Crippen LogP contribution in [0.1, 0.15) is 27.4 Å². The molecule has 4 rings (SSSR count). The predicted octanol–water partition coefficient (Wildman–Crippen LogP) is 5.21. The molecule has 1 aliphatic rings. The summed E-state index contributed by atoms with van der Waals surface area (Å²) in [4.78, 5) is 61.0. The maximum Gasteiger partial charge on any atom is 0.373 e. The summed E-state index contributed by atoms with van der Waals surface area (Å²) in [5.74, 6) is -2.02. The van der Waals surface area contributed by atoms with Crippen LogP contribution in [0, 0.1) is 10.1 Å². The van der Waals surface area contributed by atoms with Gasteiger partial charge < -0.3 is 19.2 Å². The zero-order chi connectivity index (χ0) is 29.0. The summed E-state index contributed by atoms with van der Waals surface area (Å²) in [5, 5.41) is 13.4. The van der Waals surface area contributed by atoms with E-state index in [1.165, 1.54) is 49.6 Å². The summed E-state index contributed by atoms with van der Waals surface area (Å²) < 4.78 is 16.4. The maximum absolute atomic E-state index is 13.0. The number of nitrogens with zero attached hydrogens (tertiary/aromatic N) is 2. The summed E-state index contributed by atoms with van der Waals surface area (Å²) in [6.07, 6.45) is 3.80. The van der Waals surface area contributed by atoms with Crippen molar-refractivity contribution < 1.29 is 38.0 Å². The molecule has 0 aliphatic carbocycles. The zero-order valence-corrected chi connectivity index (χ0v) is 23.6. The average Bonchev–Trinajstić information content (AvgIpc) is 3.49. The second kappa shape index (κ2) is 12.1. The van der Waals surface area contributed by atoms with Crippen LogP contribution in [-0.4, -0.2) is 40.8 Å². The van der Waals surface area contributed by atoms with E-state index in [1.807, 2.05) is 0 Å². The van der Waals surface area contributed by atoms with E-state index in [9.17, 15) is 29.3 Å². The van der Waals surface area contributed by atoms with Gasteiger partial charge in [0.2, 0.25) is 5.76 Å². The molecular weight excluding hydrogens is 658 g/mol. The van der Waals surface area contributed by atoms with Crippen molar-refractivity contribution in [1.29, 1.82) is 0 Å². The highest BCUT2D eigenvalue weighted by Gasteiger charge is 2.34. The van der Waals surface area contributed by atoms with Crippen LogP contribution in [-0.2, 0) is 20.9 Å². The molecule has 2 heterocycles. The van der Waals surface area contributed by atoms with Crippen LogP contribution in [0.3, 0.4) is 0 Å². The number of methoxy groups -OCH3 is 1. The molecule has 1 aromatic heterocycles. The summed E-state index contributed by atoms with van der Waals surface area (Å²) in [5.41, 5.74) is 0.459. The fraction of sp³-hybridized carbons (Fsp3) is 0.0769. The summed E-state index contributed by atoms with van der Waals surface area (Å²) >= 11 is 6.68. The van der Waals surface area contributed by atoms with E-state index < -0.39 is 28.8 Å². The van der Waals surface area contributed by atoms with Crippen LogP contribution in [0.2, 0.25) is 0 Å². The third-order valence-electron chi connectivity index (χ3n) is 5.36. The Kier molecular flexibility index (Phi) is 8.60. The number of rotatable bonds is 8. The molecule has 3 amide bonds. The van der Waals surface area contributed by atoms with Gasteiger partial charge in [0.05, 0.1) is 23.1 Å². The molecule has 0 unspecified atom stereocenters. The van der Waals surface area contributed by atoms with Crippen molar-refractivity contribution in [1.82, 2.24) is 10.2 Å². The Morgan fingerprint density at radius 2 is 1.93 bits per heavy atom. The third kappa shape index (κ3) is 6.52. The van der Waals surface area contributed by atoms with E-state index in [1.54, 1.807) is 18.2 Å². The summed E-state index contributed by atoms with van der Waals surface area (Å²) in [7, 11) is 1.19. The number of amides is 3. The number of benzene rings is 2. The average molecular weight is 675 g/mol. The fourth-order valence-corrected chi connectivity index (χ4v) is 4.88. The number of nitro benzene ring substituents is 1. The number of nitro groups is 1. The van der Waals surface area contributed by atoms with Crippen LogP contribution in [0.4, 0.5) is 10.5 Å². The molecular formula is C26H17Br2N3O9. The normalized spacial score (nSPS) is 14.1. The summed E-state index contributed by atoms with van der Waals surface area (Å²) in [6.45, 7) is -0.245. The van der Waals surface area contributed by atoms with Gasteiger partial charge in [-0.3, -0.25) is 19.8 Å². The van der Waals surface area contributed by atoms with Crippen LogP contribution in [0.5, 0.6) is 5.75 Å². The molecule has 14 heteroatoms. The molecule has 204 valence electrons. The van der Waals surface area contributed by atoms with Crippen molar-refractivity contribution in [3.8, 4) is 5.75 Å². The Balaban J connectivity index is 1.55. The summed E-state index contributed by atoms with van der Waals surface area (Å²) in [6, 6.07) is 11.0. The largest absolute Gasteiger partial charge is 0.463 e. The van der Waals surface area contributed by atoms with Crippen LogP contribution >= 0.6 is 31.9 Å². The van der Waals surface area contributed by atoms with Gasteiger partial charge in [0, 0.05) is 28.2 Å². The molecule has 3 aromatic rings. The smallest absolute Gasteiger partial charge is 0.373 e. The van der Waals surface area contributed by atoms with Crippen molar-refractivity contribution in [2.45, 2.75) is 6.54 Å². The molecule has 0 saturated carbocycles. The zero-order valence-electron chi connectivity index (χ0n) is 20.4. The molecule has 12 nitrogen and oxygen atoms in total. The van der Waals surface area contributed by atoms with Gasteiger partial charge in [-0.15, -0.1) is 0 Å². The first kappa shape index (κ1) is 28.4. The number of hydrogen-bond acceptors (Lipinski definition) is 9. The lowest BCUT2D eigenvalue weighted by Gasteiger charge is -2.10. The van der Waals surface area contributed by atoms with E-state index in [2.05, 4.69) is 41.9 Å². The number of hydrogen-bond donors (Lipinski definition) is 1. The van der Waals surface area contributed by atoms with Gasteiger partial charge in [-0.05, 0) is 57.9 Å². The highest BCUT2D eigenvalue weighted by atomic mass is 79.9. The van der Waals surface area contributed by atoms with Gasteiger partial charge in [-0.2, -0.15) is 0 Å². The molecule has 1 fully saturated rings. The van der Waals surface area contributed by atoms with Crippen molar-refractivity contribution in [3.05, 3.63) is 102 Å². The first-order chi connectivity index (χ1) is 19.0. The Hall–Kier alpha value is -4.56. The first-order valence-electron chi connectivity index (χ1n) is 11.2. The number of halogens is 2. The number of urea groups is 1. The Labute approximate surface area is 242 Å². The third-order valence-corrected chi connectivity index (χ3v) is 6.40. The topological polar surface area (TPSA) is 158 Å². The van der Waals surface area contributed by atoms with Gasteiger partial charge in [0.25, 0.3) is 11.6 Å². The SMILES string of the molecule is COC(=O)c1ccc(CN2C(=O)N/C(=C/c3cc(Br)cc(Br)c3OC(=O)/C=C/c3cccc([N+](=O)[O-])c3)C2=O)o1. The molecule has 1 aliphatic heterocycles. The number of imide groups is 1. The number of carbonyl (C=O) groups excluding carboxylic acids is 4. The van der Waals surface area contributed by atoms with Gasteiger partial charge in [0.1, 0.15) is 11.5 Å². The van der Waals surface area contributed by atoms with Crippen LogP contribution in [0.15, 0.2) is 73.7 Å².